The predicted octanol–water partition coefficient (Wildman–Crippen LogP) is 4.05. The Hall–Kier alpha value is -2.93. The van der Waals surface area contributed by atoms with Crippen LogP contribution in [0.5, 0.6) is 0 Å². The second-order valence-electron chi connectivity index (χ2n) is 8.19. The van der Waals surface area contributed by atoms with Gasteiger partial charge in [0.25, 0.3) is 5.91 Å². The van der Waals surface area contributed by atoms with Gasteiger partial charge in [-0.2, -0.15) is 0 Å². The van der Waals surface area contributed by atoms with Gasteiger partial charge >= 0.3 is 0 Å². The number of benzene rings is 2. The first-order chi connectivity index (χ1) is 14.8. The van der Waals surface area contributed by atoms with E-state index in [1.807, 2.05) is 76.2 Å². The van der Waals surface area contributed by atoms with Crippen LogP contribution in [0.4, 0.5) is 5.69 Å². The number of thioether (sulfide) groups is 1. The number of carbonyl (C=O) groups excluding carboxylic acids is 2. The van der Waals surface area contributed by atoms with Crippen LogP contribution in [0, 0.1) is 12.8 Å². The zero-order valence-electron chi connectivity index (χ0n) is 18.1. The van der Waals surface area contributed by atoms with E-state index >= 15 is 0 Å². The van der Waals surface area contributed by atoms with E-state index in [9.17, 15) is 9.59 Å². The summed E-state index contributed by atoms with van der Waals surface area (Å²) in [6, 6.07) is 15.3. The lowest BCUT2D eigenvalue weighted by Crippen LogP contribution is -2.43. The largest absolute Gasteiger partial charge is 0.351 e. The number of nitrogens with zero attached hydrogens (tertiary/aromatic N) is 3. The number of aryl methyl sites for hydroxylation is 1. The highest BCUT2D eigenvalue weighted by atomic mass is 32.2. The SMILES string of the molecule is Cc1ccc(CNC(=O)C(C)SC2=Nc3ccccc3C3=NC(C(C)C)C(=O)N23)cc1. The van der Waals surface area contributed by atoms with Crippen LogP contribution in [-0.4, -0.2) is 39.0 Å². The summed E-state index contributed by atoms with van der Waals surface area (Å²) in [5.41, 5.74) is 3.84. The number of para-hydroxylation sites is 1. The Morgan fingerprint density at radius 2 is 1.84 bits per heavy atom. The molecule has 2 heterocycles. The van der Waals surface area contributed by atoms with E-state index in [-0.39, 0.29) is 17.7 Å². The van der Waals surface area contributed by atoms with Gasteiger partial charge in [0.15, 0.2) is 5.17 Å². The molecule has 0 aromatic heterocycles. The monoisotopic (exact) mass is 434 g/mol. The molecule has 4 rings (SSSR count). The summed E-state index contributed by atoms with van der Waals surface area (Å²) in [5, 5.41) is 3.06. The summed E-state index contributed by atoms with van der Waals surface area (Å²) in [7, 11) is 0. The fraction of sp³-hybridized carbons (Fsp3) is 0.333. The molecule has 0 spiro atoms. The number of hydrogen-bond acceptors (Lipinski definition) is 5. The van der Waals surface area contributed by atoms with E-state index in [0.29, 0.717) is 17.5 Å². The van der Waals surface area contributed by atoms with Crippen molar-refractivity contribution in [2.75, 3.05) is 0 Å². The van der Waals surface area contributed by atoms with Crippen molar-refractivity contribution in [3.05, 3.63) is 65.2 Å². The number of amidine groups is 2. The number of hydrogen-bond donors (Lipinski definition) is 1. The molecule has 2 aliphatic rings. The van der Waals surface area contributed by atoms with E-state index in [2.05, 4.69) is 5.32 Å². The minimum absolute atomic E-state index is 0.0826. The van der Waals surface area contributed by atoms with Crippen molar-refractivity contribution < 1.29 is 9.59 Å². The Labute approximate surface area is 186 Å². The van der Waals surface area contributed by atoms with Gasteiger partial charge in [0.05, 0.1) is 10.9 Å². The molecule has 2 amide bonds. The number of fused-ring (bicyclic) bond motifs is 3. The molecule has 0 fully saturated rings. The van der Waals surface area contributed by atoms with Crippen LogP contribution in [-0.2, 0) is 16.1 Å². The second kappa shape index (κ2) is 8.67. The first kappa shape index (κ1) is 21.3. The molecule has 2 unspecified atom stereocenters. The van der Waals surface area contributed by atoms with Crippen molar-refractivity contribution in [3.8, 4) is 0 Å². The molecule has 31 heavy (non-hydrogen) atoms. The Balaban J connectivity index is 1.52. The number of carbonyl (C=O) groups is 2. The molecule has 0 radical (unpaired) electrons. The summed E-state index contributed by atoms with van der Waals surface area (Å²) in [5.74, 6) is 0.527. The first-order valence-corrected chi connectivity index (χ1v) is 11.3. The number of rotatable bonds is 5. The molecule has 0 aliphatic carbocycles. The van der Waals surface area contributed by atoms with Crippen LogP contribution in [0.3, 0.4) is 0 Å². The van der Waals surface area contributed by atoms with E-state index < -0.39 is 11.3 Å². The average molecular weight is 435 g/mol. The fourth-order valence-corrected chi connectivity index (χ4v) is 4.47. The number of aliphatic imine (C=N–C) groups is 2. The van der Waals surface area contributed by atoms with E-state index in [1.54, 1.807) is 4.90 Å². The Morgan fingerprint density at radius 1 is 1.13 bits per heavy atom. The molecule has 6 nitrogen and oxygen atoms in total. The van der Waals surface area contributed by atoms with E-state index in [4.69, 9.17) is 9.98 Å². The topological polar surface area (TPSA) is 74.1 Å². The lowest BCUT2D eigenvalue weighted by Gasteiger charge is -2.27. The Morgan fingerprint density at radius 3 is 2.55 bits per heavy atom. The predicted molar refractivity (Wildman–Crippen MR) is 126 cm³/mol. The standard InChI is InChI=1S/C24H26N4O2S/c1-14(2)20-23(30)28-21(27-20)18-7-5-6-8-19(18)26-24(28)31-16(4)22(29)25-13-17-11-9-15(3)10-12-17/h5-12,14,16,20H,13H2,1-4H3,(H,25,29). The minimum Gasteiger partial charge on any atom is -0.351 e. The number of nitrogens with one attached hydrogen (secondary N) is 1. The van der Waals surface area contributed by atoms with Gasteiger partial charge in [-0.15, -0.1) is 0 Å². The normalized spacial score (nSPS) is 18.3. The third-order valence-corrected chi connectivity index (χ3v) is 6.42. The Kier molecular flexibility index (Phi) is 5.96. The minimum atomic E-state index is -0.433. The van der Waals surface area contributed by atoms with Gasteiger partial charge in [-0.3, -0.25) is 14.6 Å². The molecule has 2 atom stereocenters. The van der Waals surface area contributed by atoms with Gasteiger partial charge < -0.3 is 5.32 Å². The zero-order valence-corrected chi connectivity index (χ0v) is 18.9. The van der Waals surface area contributed by atoms with E-state index in [1.165, 1.54) is 17.3 Å². The van der Waals surface area contributed by atoms with Gasteiger partial charge in [0.2, 0.25) is 5.91 Å². The highest BCUT2D eigenvalue weighted by molar-refractivity contribution is 8.15. The van der Waals surface area contributed by atoms with Gasteiger partial charge in [0.1, 0.15) is 11.9 Å². The summed E-state index contributed by atoms with van der Waals surface area (Å²) < 4.78 is 0. The van der Waals surface area contributed by atoms with Gasteiger partial charge in [-0.25, -0.2) is 9.89 Å². The smallest absolute Gasteiger partial charge is 0.259 e. The summed E-state index contributed by atoms with van der Waals surface area (Å²) in [6.45, 7) is 8.30. The Bertz CT molecular complexity index is 1080. The van der Waals surface area contributed by atoms with Crippen LogP contribution in [0.25, 0.3) is 0 Å². The fourth-order valence-electron chi connectivity index (χ4n) is 3.53. The van der Waals surface area contributed by atoms with Crippen molar-refractivity contribution >= 4 is 40.3 Å². The summed E-state index contributed by atoms with van der Waals surface area (Å²) in [6.07, 6.45) is 0. The molecule has 7 heteroatoms. The molecule has 2 aromatic carbocycles. The van der Waals surface area contributed by atoms with E-state index in [0.717, 1.165) is 16.8 Å². The van der Waals surface area contributed by atoms with Gasteiger partial charge in [-0.1, -0.05) is 67.6 Å². The maximum atomic E-state index is 13.1. The van der Waals surface area contributed by atoms with Crippen LogP contribution in [0.1, 0.15) is 37.5 Å². The van der Waals surface area contributed by atoms with Crippen LogP contribution >= 0.6 is 11.8 Å². The molecule has 2 aromatic rings. The van der Waals surface area contributed by atoms with Crippen molar-refractivity contribution in [3.63, 3.8) is 0 Å². The second-order valence-corrected chi connectivity index (χ2v) is 9.50. The first-order valence-electron chi connectivity index (χ1n) is 10.4. The van der Waals surface area contributed by atoms with Crippen LogP contribution in [0.2, 0.25) is 0 Å². The summed E-state index contributed by atoms with van der Waals surface area (Å²) >= 11 is 1.29. The van der Waals surface area contributed by atoms with Crippen molar-refractivity contribution in [2.45, 2.75) is 45.5 Å². The van der Waals surface area contributed by atoms with Gasteiger partial charge in [-0.05, 0) is 37.5 Å². The molecule has 1 N–H and O–H groups in total. The molecule has 0 saturated carbocycles. The van der Waals surface area contributed by atoms with Crippen molar-refractivity contribution in [1.82, 2.24) is 10.2 Å². The molecular weight excluding hydrogens is 408 g/mol. The molecule has 0 bridgehead atoms. The average Bonchev–Trinajstić information content (AvgIpc) is 3.11. The third kappa shape index (κ3) is 4.28. The van der Waals surface area contributed by atoms with Gasteiger partial charge in [0, 0.05) is 12.1 Å². The maximum absolute atomic E-state index is 13.1. The summed E-state index contributed by atoms with van der Waals surface area (Å²) in [4.78, 5) is 36.8. The molecule has 2 aliphatic heterocycles. The molecule has 0 saturated heterocycles. The highest BCUT2D eigenvalue weighted by Gasteiger charge is 2.43. The van der Waals surface area contributed by atoms with Crippen LogP contribution in [0.15, 0.2) is 58.5 Å². The maximum Gasteiger partial charge on any atom is 0.259 e. The van der Waals surface area contributed by atoms with Crippen molar-refractivity contribution in [1.29, 1.82) is 0 Å². The highest BCUT2D eigenvalue weighted by Crippen LogP contribution is 2.35. The lowest BCUT2D eigenvalue weighted by molar-refractivity contribution is -0.125. The van der Waals surface area contributed by atoms with Crippen molar-refractivity contribution in [2.24, 2.45) is 15.9 Å². The zero-order chi connectivity index (χ0) is 22.1. The lowest BCUT2D eigenvalue weighted by atomic mass is 10.1. The number of amides is 2. The van der Waals surface area contributed by atoms with Crippen LogP contribution < -0.4 is 5.32 Å². The molecule has 160 valence electrons. The quantitative estimate of drug-likeness (QED) is 0.772. The third-order valence-electron chi connectivity index (χ3n) is 5.37. The molecular formula is C24H26N4O2S.